The number of carboxylic acid groups (broad SMARTS) is 1. The van der Waals surface area contributed by atoms with E-state index in [-0.39, 0.29) is 17.0 Å². The number of aliphatic hydroxyl groups excluding tert-OH is 1. The van der Waals surface area contributed by atoms with Gasteiger partial charge in [0.05, 0.1) is 12.1 Å². The van der Waals surface area contributed by atoms with Crippen molar-refractivity contribution < 1.29 is 24.2 Å². The lowest BCUT2D eigenvalue weighted by molar-refractivity contribution is 0.0660. The summed E-state index contributed by atoms with van der Waals surface area (Å²) < 4.78 is 5.20. The standard InChI is InChI=1S/C16H21NO5S/c1-2-12(18)6-5-11-10-23-16(21)17(11)9-3-4-13-7-8-14(22-13)15(19)20/h5-8,11-12,18H,2-4,9-10H2,1H3,(H,19,20)/b6-5+/t11-,12-/m0/s1. The monoisotopic (exact) mass is 339 g/mol. The molecule has 1 amide bonds. The Balaban J connectivity index is 1.85. The second-order valence-electron chi connectivity index (χ2n) is 5.37. The highest BCUT2D eigenvalue weighted by molar-refractivity contribution is 8.13. The van der Waals surface area contributed by atoms with Gasteiger partial charge in [-0.1, -0.05) is 30.8 Å². The third kappa shape index (κ3) is 4.87. The molecule has 1 fully saturated rings. The van der Waals surface area contributed by atoms with Gasteiger partial charge in [-0.05, 0) is 25.0 Å². The van der Waals surface area contributed by atoms with Crippen molar-refractivity contribution in [2.75, 3.05) is 12.3 Å². The molecular weight excluding hydrogens is 318 g/mol. The van der Waals surface area contributed by atoms with Crippen LogP contribution in [0.2, 0.25) is 0 Å². The largest absolute Gasteiger partial charge is 0.475 e. The lowest BCUT2D eigenvalue weighted by atomic mass is 10.2. The fourth-order valence-corrected chi connectivity index (χ4v) is 3.32. The van der Waals surface area contributed by atoms with Crippen LogP contribution in [0.15, 0.2) is 28.7 Å². The topological polar surface area (TPSA) is 91.0 Å². The summed E-state index contributed by atoms with van der Waals surface area (Å²) >= 11 is 1.28. The van der Waals surface area contributed by atoms with Gasteiger partial charge in [0.25, 0.3) is 5.24 Å². The summed E-state index contributed by atoms with van der Waals surface area (Å²) in [5.74, 6) is 0.148. The molecule has 0 aromatic carbocycles. The zero-order chi connectivity index (χ0) is 16.8. The maximum Gasteiger partial charge on any atom is 0.371 e. The molecule has 7 heteroatoms. The van der Waals surface area contributed by atoms with Gasteiger partial charge in [-0.15, -0.1) is 0 Å². The van der Waals surface area contributed by atoms with Crippen LogP contribution < -0.4 is 0 Å². The van der Waals surface area contributed by atoms with Crippen LogP contribution in [0.1, 0.15) is 36.1 Å². The second kappa shape index (κ2) is 8.21. The number of amides is 1. The van der Waals surface area contributed by atoms with Gasteiger partial charge in [0.15, 0.2) is 0 Å². The molecule has 23 heavy (non-hydrogen) atoms. The molecule has 1 aromatic heterocycles. The number of hydrogen-bond acceptors (Lipinski definition) is 5. The first-order chi connectivity index (χ1) is 11.0. The maximum absolute atomic E-state index is 11.9. The van der Waals surface area contributed by atoms with Crippen molar-refractivity contribution in [2.45, 2.75) is 38.3 Å². The summed E-state index contributed by atoms with van der Waals surface area (Å²) in [6, 6.07) is 3.09. The molecule has 2 atom stereocenters. The van der Waals surface area contributed by atoms with Crippen molar-refractivity contribution >= 4 is 23.0 Å². The molecule has 6 nitrogen and oxygen atoms in total. The number of carbonyl (C=O) groups is 2. The minimum atomic E-state index is -1.08. The molecule has 0 saturated carbocycles. The molecule has 1 saturated heterocycles. The third-order valence-corrected chi connectivity index (χ3v) is 4.67. The van der Waals surface area contributed by atoms with E-state index in [9.17, 15) is 14.7 Å². The van der Waals surface area contributed by atoms with Crippen molar-refractivity contribution in [3.63, 3.8) is 0 Å². The van der Waals surface area contributed by atoms with Crippen LogP contribution in [-0.2, 0) is 6.42 Å². The number of hydrogen-bond donors (Lipinski definition) is 2. The molecule has 0 unspecified atom stereocenters. The Morgan fingerprint density at radius 2 is 2.35 bits per heavy atom. The van der Waals surface area contributed by atoms with Crippen molar-refractivity contribution in [3.8, 4) is 0 Å². The Morgan fingerprint density at radius 3 is 3.00 bits per heavy atom. The molecule has 126 valence electrons. The van der Waals surface area contributed by atoms with E-state index in [1.165, 1.54) is 17.8 Å². The van der Waals surface area contributed by atoms with Gasteiger partial charge >= 0.3 is 5.97 Å². The van der Waals surface area contributed by atoms with E-state index in [0.717, 1.165) is 0 Å². The molecule has 1 aliphatic heterocycles. The first-order valence-corrected chi connectivity index (χ1v) is 8.61. The smallest absolute Gasteiger partial charge is 0.371 e. The van der Waals surface area contributed by atoms with E-state index < -0.39 is 12.1 Å². The van der Waals surface area contributed by atoms with Crippen molar-refractivity contribution in [2.24, 2.45) is 0 Å². The van der Waals surface area contributed by atoms with E-state index in [2.05, 4.69) is 0 Å². The highest BCUT2D eigenvalue weighted by Gasteiger charge is 2.29. The van der Waals surface area contributed by atoms with Gasteiger partial charge in [0.2, 0.25) is 5.76 Å². The Hall–Kier alpha value is -1.73. The lowest BCUT2D eigenvalue weighted by Gasteiger charge is -2.21. The number of thioether (sulfide) groups is 1. The summed E-state index contributed by atoms with van der Waals surface area (Å²) in [4.78, 5) is 24.5. The number of rotatable bonds is 8. The summed E-state index contributed by atoms with van der Waals surface area (Å²) in [6.07, 6.45) is 5.07. The number of carbonyl (C=O) groups excluding carboxylic acids is 1. The zero-order valence-corrected chi connectivity index (χ0v) is 13.8. The van der Waals surface area contributed by atoms with E-state index in [1.54, 1.807) is 17.0 Å². The van der Waals surface area contributed by atoms with E-state index in [1.807, 2.05) is 13.0 Å². The SMILES string of the molecule is CC[C@H](O)/C=C/[C@H]1CSC(=O)N1CCCc1ccc(C(=O)O)o1. The van der Waals surface area contributed by atoms with Gasteiger partial charge in [-0.2, -0.15) is 0 Å². The van der Waals surface area contributed by atoms with Crippen molar-refractivity contribution in [1.29, 1.82) is 0 Å². The second-order valence-corrected chi connectivity index (χ2v) is 6.34. The first kappa shape index (κ1) is 17.6. The van der Waals surface area contributed by atoms with Crippen LogP contribution in [0.5, 0.6) is 0 Å². The summed E-state index contributed by atoms with van der Waals surface area (Å²) in [5.41, 5.74) is 0. The van der Waals surface area contributed by atoms with E-state index in [0.29, 0.717) is 37.3 Å². The van der Waals surface area contributed by atoms with Gasteiger partial charge in [-0.3, -0.25) is 4.79 Å². The number of carboxylic acids is 1. The van der Waals surface area contributed by atoms with Crippen LogP contribution in [0.4, 0.5) is 4.79 Å². The molecule has 1 aliphatic rings. The average molecular weight is 339 g/mol. The zero-order valence-electron chi connectivity index (χ0n) is 13.0. The Labute approximate surface area is 139 Å². The first-order valence-electron chi connectivity index (χ1n) is 7.63. The van der Waals surface area contributed by atoms with E-state index >= 15 is 0 Å². The third-order valence-electron chi connectivity index (χ3n) is 3.68. The molecule has 0 radical (unpaired) electrons. The molecule has 2 heterocycles. The number of aromatic carboxylic acids is 1. The Morgan fingerprint density at radius 1 is 1.57 bits per heavy atom. The van der Waals surface area contributed by atoms with Crippen molar-refractivity contribution in [3.05, 3.63) is 35.8 Å². The molecule has 1 aromatic rings. The van der Waals surface area contributed by atoms with E-state index in [4.69, 9.17) is 9.52 Å². The van der Waals surface area contributed by atoms with Gasteiger partial charge in [0, 0.05) is 18.7 Å². The minimum Gasteiger partial charge on any atom is -0.475 e. The number of aryl methyl sites for hydroxylation is 1. The summed E-state index contributed by atoms with van der Waals surface area (Å²) in [5, 5.41) is 18.4. The minimum absolute atomic E-state index is 0.000110. The summed E-state index contributed by atoms with van der Waals surface area (Å²) in [7, 11) is 0. The van der Waals surface area contributed by atoms with Gasteiger partial charge < -0.3 is 19.5 Å². The molecule has 0 spiro atoms. The highest BCUT2D eigenvalue weighted by atomic mass is 32.2. The quantitative estimate of drug-likeness (QED) is 0.708. The highest BCUT2D eigenvalue weighted by Crippen LogP contribution is 2.25. The maximum atomic E-state index is 11.9. The Kier molecular flexibility index (Phi) is 6.29. The van der Waals surface area contributed by atoms with Crippen molar-refractivity contribution in [1.82, 2.24) is 4.90 Å². The molecular formula is C16H21NO5S. The lowest BCUT2D eigenvalue weighted by Crippen LogP contribution is -2.33. The summed E-state index contributed by atoms with van der Waals surface area (Å²) in [6.45, 7) is 2.47. The van der Waals surface area contributed by atoms with Crippen LogP contribution in [0.25, 0.3) is 0 Å². The van der Waals surface area contributed by atoms with Crippen LogP contribution in [0.3, 0.4) is 0 Å². The molecule has 0 bridgehead atoms. The fourth-order valence-electron chi connectivity index (χ4n) is 2.32. The predicted molar refractivity (Wildman–Crippen MR) is 87.8 cm³/mol. The van der Waals surface area contributed by atoms with Crippen LogP contribution >= 0.6 is 11.8 Å². The van der Waals surface area contributed by atoms with Crippen LogP contribution in [-0.4, -0.2) is 50.8 Å². The molecule has 2 rings (SSSR count). The van der Waals surface area contributed by atoms with Gasteiger partial charge in [-0.25, -0.2) is 4.79 Å². The Bertz CT molecular complexity index is 583. The average Bonchev–Trinajstić information content (AvgIpc) is 3.13. The van der Waals surface area contributed by atoms with Gasteiger partial charge in [0.1, 0.15) is 5.76 Å². The fraction of sp³-hybridized carbons (Fsp3) is 0.500. The predicted octanol–water partition coefficient (Wildman–Crippen LogP) is 2.77. The number of furan rings is 1. The van der Waals surface area contributed by atoms with Crippen LogP contribution in [0, 0.1) is 0 Å². The number of nitrogens with zero attached hydrogens (tertiary/aromatic N) is 1. The normalized spacial score (nSPS) is 19.7. The number of aliphatic hydroxyl groups is 1. The molecule has 0 aliphatic carbocycles. The molecule has 2 N–H and O–H groups in total.